The number of amides is 1. The van der Waals surface area contributed by atoms with E-state index >= 15 is 0 Å². The summed E-state index contributed by atoms with van der Waals surface area (Å²) in [6.07, 6.45) is 0.805. The lowest BCUT2D eigenvalue weighted by Crippen LogP contribution is -2.43. The summed E-state index contributed by atoms with van der Waals surface area (Å²) in [6, 6.07) is 3.33. The van der Waals surface area contributed by atoms with E-state index in [0.717, 1.165) is 6.42 Å². The minimum Gasteiger partial charge on any atom is -0.367 e. The summed E-state index contributed by atoms with van der Waals surface area (Å²) in [5.74, 6) is -0.775. The molecule has 0 aliphatic heterocycles. The number of hydrogen-bond acceptors (Lipinski definition) is 4. The van der Waals surface area contributed by atoms with Crippen molar-refractivity contribution >= 4 is 34.2 Å². The van der Waals surface area contributed by atoms with E-state index in [1.165, 1.54) is 4.57 Å². The molecule has 1 amide bonds. The van der Waals surface area contributed by atoms with Gasteiger partial charge in [-0.1, -0.05) is 18.5 Å². The van der Waals surface area contributed by atoms with Gasteiger partial charge in [0.15, 0.2) is 0 Å². The number of nitrogens with two attached hydrogens (primary N) is 1. The van der Waals surface area contributed by atoms with Gasteiger partial charge in [0, 0.05) is 19.6 Å². The molecule has 0 fully saturated rings. The number of anilines is 1. The van der Waals surface area contributed by atoms with Crippen molar-refractivity contribution in [3.8, 4) is 0 Å². The van der Waals surface area contributed by atoms with E-state index in [9.17, 15) is 9.59 Å². The minimum atomic E-state index is -0.775. The number of nitrogens with zero attached hydrogens (tertiary/aromatic N) is 3. The van der Waals surface area contributed by atoms with Crippen LogP contribution in [0.1, 0.15) is 37.6 Å². The summed E-state index contributed by atoms with van der Waals surface area (Å²) in [5.41, 5.74) is 6.19. The molecule has 2 N–H and O–H groups in total. The number of carbonyl (C=O) groups excluding carboxylic acids is 1. The monoisotopic (exact) mass is 336 g/mol. The highest BCUT2D eigenvalue weighted by molar-refractivity contribution is 6.30. The molecule has 0 atom stereocenters. The molecule has 0 unspecified atom stereocenters. The quantitative estimate of drug-likeness (QED) is 0.869. The number of pyridine rings is 2. The van der Waals surface area contributed by atoms with Crippen LogP contribution < -0.4 is 16.2 Å². The van der Waals surface area contributed by atoms with Crippen molar-refractivity contribution in [1.82, 2.24) is 9.55 Å². The number of aryl methyl sites for hydroxylation is 1. The molecule has 2 rings (SSSR count). The molecule has 2 aromatic rings. The van der Waals surface area contributed by atoms with Gasteiger partial charge in [-0.15, -0.1) is 0 Å². The van der Waals surface area contributed by atoms with Crippen LogP contribution in [0.4, 0.5) is 5.69 Å². The van der Waals surface area contributed by atoms with Crippen LogP contribution in [0.25, 0.3) is 11.0 Å². The fraction of sp³-hybridized carbons (Fsp3) is 0.438. The Morgan fingerprint density at radius 2 is 2.04 bits per heavy atom. The van der Waals surface area contributed by atoms with Crippen LogP contribution >= 0.6 is 11.6 Å². The van der Waals surface area contributed by atoms with E-state index < -0.39 is 11.5 Å². The SMILES string of the molecule is CCC(C)(C)N(C)c1c(C(N)=O)c(=O)n(C)c2ccc(Cl)nc12. The van der Waals surface area contributed by atoms with Crippen LogP contribution in [0.3, 0.4) is 0 Å². The fourth-order valence-electron chi connectivity index (χ4n) is 2.46. The van der Waals surface area contributed by atoms with Gasteiger partial charge in [-0.25, -0.2) is 4.98 Å². The average molecular weight is 337 g/mol. The van der Waals surface area contributed by atoms with Crippen LogP contribution in [-0.4, -0.2) is 28.0 Å². The number of halogens is 1. The molecular weight excluding hydrogens is 316 g/mol. The average Bonchev–Trinajstić information content (AvgIpc) is 2.49. The lowest BCUT2D eigenvalue weighted by Gasteiger charge is -2.38. The summed E-state index contributed by atoms with van der Waals surface area (Å²) in [6.45, 7) is 6.07. The van der Waals surface area contributed by atoms with Crippen molar-refractivity contribution in [2.45, 2.75) is 32.7 Å². The number of rotatable bonds is 4. The topological polar surface area (TPSA) is 81.2 Å². The molecule has 2 heterocycles. The third-order valence-electron chi connectivity index (χ3n) is 4.54. The third-order valence-corrected chi connectivity index (χ3v) is 4.75. The maximum absolute atomic E-state index is 12.6. The second-order valence-corrected chi connectivity index (χ2v) is 6.57. The summed E-state index contributed by atoms with van der Waals surface area (Å²) < 4.78 is 1.37. The van der Waals surface area contributed by atoms with Gasteiger partial charge < -0.3 is 15.2 Å². The standard InChI is InChI=1S/C16H21ClN4O2/c1-6-16(2,3)21(5)13-11(14(18)22)15(23)20(4)9-7-8-10(17)19-12(9)13/h7-8H,6H2,1-5H3,(H2,18,22). The number of hydrogen-bond donors (Lipinski definition) is 1. The smallest absolute Gasteiger partial charge is 0.265 e. The Labute approximate surface area is 139 Å². The van der Waals surface area contributed by atoms with Crippen molar-refractivity contribution in [1.29, 1.82) is 0 Å². The van der Waals surface area contributed by atoms with Gasteiger partial charge in [-0.05, 0) is 32.4 Å². The first-order valence-corrected chi connectivity index (χ1v) is 7.72. The summed E-state index contributed by atoms with van der Waals surface area (Å²) in [7, 11) is 3.41. The second-order valence-electron chi connectivity index (χ2n) is 6.18. The zero-order chi connectivity index (χ0) is 17.5. The molecule has 0 saturated heterocycles. The van der Waals surface area contributed by atoms with E-state index in [1.54, 1.807) is 19.2 Å². The van der Waals surface area contributed by atoms with Crippen LogP contribution in [-0.2, 0) is 7.05 Å². The van der Waals surface area contributed by atoms with E-state index in [0.29, 0.717) is 16.7 Å². The highest BCUT2D eigenvalue weighted by Crippen LogP contribution is 2.32. The highest BCUT2D eigenvalue weighted by atomic mass is 35.5. The van der Waals surface area contributed by atoms with Crippen LogP contribution in [0.5, 0.6) is 0 Å². The van der Waals surface area contributed by atoms with Crippen LogP contribution in [0.2, 0.25) is 5.15 Å². The maximum Gasteiger partial charge on any atom is 0.265 e. The minimum absolute atomic E-state index is 0.0706. The Bertz CT molecular complexity index is 842. The van der Waals surface area contributed by atoms with Gasteiger partial charge in [0.1, 0.15) is 16.2 Å². The Kier molecular flexibility index (Phi) is 4.39. The lowest BCUT2D eigenvalue weighted by atomic mass is 9.97. The predicted molar refractivity (Wildman–Crippen MR) is 93.3 cm³/mol. The largest absolute Gasteiger partial charge is 0.367 e. The zero-order valence-electron chi connectivity index (χ0n) is 14.0. The molecule has 2 aromatic heterocycles. The van der Waals surface area contributed by atoms with E-state index in [2.05, 4.69) is 4.98 Å². The Morgan fingerprint density at radius 3 is 2.57 bits per heavy atom. The predicted octanol–water partition coefficient (Wildman–Crippen LogP) is 2.31. The molecule has 0 aliphatic rings. The van der Waals surface area contributed by atoms with Crippen molar-refractivity contribution in [3.05, 3.63) is 33.2 Å². The second kappa shape index (κ2) is 5.85. The van der Waals surface area contributed by atoms with Crippen LogP contribution in [0, 0.1) is 0 Å². The molecule has 7 heteroatoms. The van der Waals surface area contributed by atoms with E-state index in [-0.39, 0.29) is 16.3 Å². The molecular formula is C16H21ClN4O2. The fourth-order valence-corrected chi connectivity index (χ4v) is 2.61. The lowest BCUT2D eigenvalue weighted by molar-refractivity contribution is 0.0999. The van der Waals surface area contributed by atoms with Gasteiger partial charge in [-0.3, -0.25) is 9.59 Å². The molecule has 0 radical (unpaired) electrons. The van der Waals surface area contributed by atoms with Crippen molar-refractivity contribution in [2.75, 3.05) is 11.9 Å². The molecule has 124 valence electrons. The van der Waals surface area contributed by atoms with Gasteiger partial charge >= 0.3 is 0 Å². The molecule has 0 aromatic carbocycles. The first-order valence-electron chi connectivity index (χ1n) is 7.34. The normalized spacial score (nSPS) is 11.7. The molecule has 23 heavy (non-hydrogen) atoms. The Morgan fingerprint density at radius 1 is 1.43 bits per heavy atom. The van der Waals surface area contributed by atoms with Gasteiger partial charge in [0.05, 0.1) is 11.2 Å². The summed E-state index contributed by atoms with van der Waals surface area (Å²) in [4.78, 5) is 30.8. The number of primary amides is 1. The van der Waals surface area contributed by atoms with Crippen molar-refractivity contribution < 1.29 is 4.79 Å². The first kappa shape index (κ1) is 17.3. The number of aromatic nitrogens is 2. The molecule has 0 saturated carbocycles. The van der Waals surface area contributed by atoms with Gasteiger partial charge in [0.2, 0.25) is 0 Å². The third kappa shape index (κ3) is 2.79. The maximum atomic E-state index is 12.6. The van der Waals surface area contributed by atoms with Crippen LogP contribution in [0.15, 0.2) is 16.9 Å². The molecule has 0 aliphatic carbocycles. The van der Waals surface area contributed by atoms with E-state index in [1.807, 2.05) is 32.7 Å². The first-order chi connectivity index (χ1) is 10.6. The van der Waals surface area contributed by atoms with Gasteiger partial charge in [-0.2, -0.15) is 0 Å². The van der Waals surface area contributed by atoms with Crippen molar-refractivity contribution in [2.24, 2.45) is 12.8 Å². The van der Waals surface area contributed by atoms with E-state index in [4.69, 9.17) is 17.3 Å². The number of fused-ring (bicyclic) bond motifs is 1. The van der Waals surface area contributed by atoms with Crippen molar-refractivity contribution in [3.63, 3.8) is 0 Å². The molecule has 0 spiro atoms. The summed E-state index contributed by atoms with van der Waals surface area (Å²) in [5, 5.41) is 0.288. The number of carbonyl (C=O) groups is 1. The summed E-state index contributed by atoms with van der Waals surface area (Å²) >= 11 is 6.03. The Hall–Kier alpha value is -2.08. The zero-order valence-corrected chi connectivity index (χ0v) is 14.7. The highest BCUT2D eigenvalue weighted by Gasteiger charge is 2.30. The van der Waals surface area contributed by atoms with Gasteiger partial charge in [0.25, 0.3) is 11.5 Å². The molecule has 6 nitrogen and oxygen atoms in total. The molecule has 0 bridgehead atoms. The Balaban J connectivity index is 3.03.